The van der Waals surface area contributed by atoms with Gasteiger partial charge in [-0.1, -0.05) is 29.8 Å². The van der Waals surface area contributed by atoms with E-state index in [0.717, 1.165) is 49.0 Å². The number of halogens is 1. The van der Waals surface area contributed by atoms with E-state index in [4.69, 9.17) is 16.3 Å². The maximum absolute atomic E-state index is 6.21. The van der Waals surface area contributed by atoms with Crippen LogP contribution in [0.4, 0.5) is 5.69 Å². The number of aromatic nitrogens is 1. The number of hydrogen-bond acceptors (Lipinski definition) is 3. The van der Waals surface area contributed by atoms with Crippen molar-refractivity contribution in [3.63, 3.8) is 0 Å². The maximum atomic E-state index is 6.21. The van der Waals surface area contributed by atoms with E-state index < -0.39 is 0 Å². The van der Waals surface area contributed by atoms with Crippen LogP contribution in [-0.4, -0.2) is 24.7 Å². The molecule has 0 aliphatic carbocycles. The normalized spacial score (nSPS) is 16.0. The summed E-state index contributed by atoms with van der Waals surface area (Å²) in [7, 11) is 0. The number of benzene rings is 1. The Morgan fingerprint density at radius 1 is 1.14 bits per heavy atom. The van der Waals surface area contributed by atoms with E-state index >= 15 is 0 Å². The van der Waals surface area contributed by atoms with Crippen molar-refractivity contribution in [3.8, 4) is 5.75 Å². The van der Waals surface area contributed by atoms with Gasteiger partial charge in [0.15, 0.2) is 0 Å². The molecule has 21 heavy (non-hydrogen) atoms. The molecule has 0 bridgehead atoms. The average Bonchev–Trinajstić information content (AvgIpc) is 2.55. The highest BCUT2D eigenvalue weighted by molar-refractivity contribution is 6.33. The largest absolute Gasteiger partial charge is 0.493 e. The van der Waals surface area contributed by atoms with Gasteiger partial charge in [-0.2, -0.15) is 0 Å². The van der Waals surface area contributed by atoms with Crippen LogP contribution in [0.1, 0.15) is 12.8 Å². The molecule has 0 saturated carbocycles. The Kier molecular flexibility index (Phi) is 4.61. The number of rotatable bonds is 4. The van der Waals surface area contributed by atoms with Gasteiger partial charge in [0, 0.05) is 25.5 Å². The monoisotopic (exact) mass is 302 g/mol. The van der Waals surface area contributed by atoms with Crippen molar-refractivity contribution in [3.05, 3.63) is 53.8 Å². The Morgan fingerprint density at radius 2 is 1.90 bits per heavy atom. The summed E-state index contributed by atoms with van der Waals surface area (Å²) in [5, 5.41) is 0.733. The number of hydrogen-bond donors (Lipinski definition) is 0. The molecular formula is C17H19ClN2O. The molecule has 2 aromatic rings. The lowest BCUT2D eigenvalue weighted by Gasteiger charge is -2.33. The van der Waals surface area contributed by atoms with Crippen molar-refractivity contribution in [2.45, 2.75) is 12.8 Å². The summed E-state index contributed by atoms with van der Waals surface area (Å²) in [6, 6.07) is 12.0. The first kappa shape index (κ1) is 14.2. The summed E-state index contributed by atoms with van der Waals surface area (Å²) in [4.78, 5) is 6.38. The van der Waals surface area contributed by atoms with Crippen molar-refractivity contribution >= 4 is 17.3 Å². The van der Waals surface area contributed by atoms with E-state index in [1.807, 2.05) is 36.4 Å². The molecule has 1 aromatic heterocycles. The van der Waals surface area contributed by atoms with E-state index in [9.17, 15) is 0 Å². The van der Waals surface area contributed by atoms with E-state index in [-0.39, 0.29) is 0 Å². The molecule has 110 valence electrons. The van der Waals surface area contributed by atoms with Gasteiger partial charge in [0.25, 0.3) is 0 Å². The lowest BCUT2D eigenvalue weighted by Crippen LogP contribution is -2.35. The highest BCUT2D eigenvalue weighted by atomic mass is 35.5. The molecule has 0 amide bonds. The van der Waals surface area contributed by atoms with Crippen LogP contribution < -0.4 is 9.64 Å². The molecule has 0 atom stereocenters. The third-order valence-corrected chi connectivity index (χ3v) is 4.23. The summed E-state index contributed by atoms with van der Waals surface area (Å²) in [6.45, 7) is 2.83. The van der Waals surface area contributed by atoms with Crippen LogP contribution in [-0.2, 0) is 0 Å². The molecule has 1 aliphatic heterocycles. The van der Waals surface area contributed by atoms with Crippen LogP contribution in [0.25, 0.3) is 0 Å². The number of anilines is 1. The lowest BCUT2D eigenvalue weighted by atomic mass is 9.97. The molecule has 0 unspecified atom stereocenters. The fourth-order valence-corrected chi connectivity index (χ4v) is 2.93. The molecule has 3 rings (SSSR count). The zero-order chi connectivity index (χ0) is 14.5. The smallest absolute Gasteiger partial charge is 0.119 e. The second-order valence-corrected chi connectivity index (χ2v) is 5.79. The van der Waals surface area contributed by atoms with E-state index in [0.29, 0.717) is 5.92 Å². The van der Waals surface area contributed by atoms with Crippen molar-refractivity contribution in [2.75, 3.05) is 24.6 Å². The Bertz CT molecular complexity index is 568. The Labute approximate surface area is 130 Å². The van der Waals surface area contributed by atoms with Gasteiger partial charge in [0.1, 0.15) is 5.75 Å². The number of nitrogens with zero attached hydrogens (tertiary/aromatic N) is 2. The van der Waals surface area contributed by atoms with Gasteiger partial charge in [-0.15, -0.1) is 0 Å². The SMILES string of the molecule is Clc1cnccc1N1CCC(COc2ccccc2)CC1. The average molecular weight is 303 g/mol. The third kappa shape index (κ3) is 3.67. The minimum atomic E-state index is 0.613. The van der Waals surface area contributed by atoms with Crippen LogP contribution >= 0.6 is 11.6 Å². The minimum absolute atomic E-state index is 0.613. The topological polar surface area (TPSA) is 25.4 Å². The van der Waals surface area contributed by atoms with Crippen molar-refractivity contribution in [1.82, 2.24) is 4.98 Å². The summed E-state index contributed by atoms with van der Waals surface area (Å²) in [5.41, 5.74) is 1.09. The van der Waals surface area contributed by atoms with Crippen molar-refractivity contribution in [1.29, 1.82) is 0 Å². The number of piperidine rings is 1. The quantitative estimate of drug-likeness (QED) is 0.852. The highest BCUT2D eigenvalue weighted by Crippen LogP contribution is 2.28. The lowest BCUT2D eigenvalue weighted by molar-refractivity contribution is 0.223. The molecule has 1 saturated heterocycles. The highest BCUT2D eigenvalue weighted by Gasteiger charge is 2.21. The maximum Gasteiger partial charge on any atom is 0.119 e. The minimum Gasteiger partial charge on any atom is -0.493 e. The van der Waals surface area contributed by atoms with Gasteiger partial charge in [0.05, 0.1) is 17.3 Å². The number of pyridine rings is 1. The first-order chi connectivity index (χ1) is 10.3. The Morgan fingerprint density at radius 3 is 2.62 bits per heavy atom. The molecule has 0 N–H and O–H groups in total. The zero-order valence-corrected chi connectivity index (χ0v) is 12.7. The predicted molar refractivity (Wildman–Crippen MR) is 86.1 cm³/mol. The molecule has 1 aromatic carbocycles. The van der Waals surface area contributed by atoms with Gasteiger partial charge in [-0.05, 0) is 37.0 Å². The predicted octanol–water partition coefficient (Wildman–Crippen LogP) is 4.03. The van der Waals surface area contributed by atoms with Gasteiger partial charge in [0.2, 0.25) is 0 Å². The Hall–Kier alpha value is -1.74. The molecule has 0 radical (unpaired) electrons. The van der Waals surface area contributed by atoms with Gasteiger partial charge in [-0.25, -0.2) is 0 Å². The molecule has 1 aliphatic rings. The van der Waals surface area contributed by atoms with Crippen LogP contribution in [0.2, 0.25) is 5.02 Å². The van der Waals surface area contributed by atoms with Gasteiger partial charge in [-0.3, -0.25) is 4.98 Å². The number of ether oxygens (including phenoxy) is 1. The first-order valence-corrected chi connectivity index (χ1v) is 7.73. The molecule has 1 fully saturated rings. The van der Waals surface area contributed by atoms with E-state index in [1.165, 1.54) is 0 Å². The van der Waals surface area contributed by atoms with E-state index in [2.05, 4.69) is 9.88 Å². The van der Waals surface area contributed by atoms with Crippen LogP contribution in [0.3, 0.4) is 0 Å². The molecule has 2 heterocycles. The standard InChI is InChI=1S/C17H19ClN2O/c18-16-12-19-9-6-17(16)20-10-7-14(8-11-20)13-21-15-4-2-1-3-5-15/h1-6,9,12,14H,7-8,10-11,13H2. The fourth-order valence-electron chi connectivity index (χ4n) is 2.70. The fraction of sp³-hybridized carbons (Fsp3) is 0.353. The zero-order valence-electron chi connectivity index (χ0n) is 11.9. The third-order valence-electron chi connectivity index (χ3n) is 3.94. The van der Waals surface area contributed by atoms with Crippen molar-refractivity contribution in [2.24, 2.45) is 5.92 Å². The van der Waals surface area contributed by atoms with E-state index in [1.54, 1.807) is 12.4 Å². The molecule has 3 nitrogen and oxygen atoms in total. The second kappa shape index (κ2) is 6.81. The van der Waals surface area contributed by atoms with Crippen LogP contribution in [0.5, 0.6) is 5.75 Å². The molecule has 4 heteroatoms. The van der Waals surface area contributed by atoms with Crippen LogP contribution in [0, 0.1) is 5.92 Å². The number of para-hydroxylation sites is 1. The molecular weight excluding hydrogens is 284 g/mol. The summed E-state index contributed by atoms with van der Waals surface area (Å²) in [6.07, 6.45) is 5.77. The second-order valence-electron chi connectivity index (χ2n) is 5.38. The molecule has 0 spiro atoms. The van der Waals surface area contributed by atoms with Gasteiger partial charge >= 0.3 is 0 Å². The summed E-state index contributed by atoms with van der Waals surface area (Å²) in [5.74, 6) is 1.57. The summed E-state index contributed by atoms with van der Waals surface area (Å²) >= 11 is 6.21. The van der Waals surface area contributed by atoms with Gasteiger partial charge < -0.3 is 9.64 Å². The Balaban J connectivity index is 1.50. The summed E-state index contributed by atoms with van der Waals surface area (Å²) < 4.78 is 5.86. The van der Waals surface area contributed by atoms with Crippen LogP contribution in [0.15, 0.2) is 48.8 Å². The first-order valence-electron chi connectivity index (χ1n) is 7.35. The van der Waals surface area contributed by atoms with Crippen molar-refractivity contribution < 1.29 is 4.74 Å².